The summed E-state index contributed by atoms with van der Waals surface area (Å²) in [4.78, 5) is 1.32. The van der Waals surface area contributed by atoms with Crippen molar-refractivity contribution in [3.05, 3.63) is 56.9 Å². The van der Waals surface area contributed by atoms with Crippen LogP contribution in [0.15, 0.2) is 50.7 Å². The van der Waals surface area contributed by atoms with Gasteiger partial charge in [-0.2, -0.15) is 0 Å². The third kappa shape index (κ3) is 2.66. The van der Waals surface area contributed by atoms with Gasteiger partial charge in [0.2, 0.25) is 0 Å². The normalized spacial score (nSPS) is 11.2. The van der Waals surface area contributed by atoms with Gasteiger partial charge in [-0.1, -0.05) is 18.2 Å². The Balaban J connectivity index is 1.62. The van der Waals surface area contributed by atoms with E-state index >= 15 is 0 Å². The minimum atomic E-state index is 0.754. The van der Waals surface area contributed by atoms with Crippen LogP contribution in [0.4, 0.5) is 0 Å². The molecule has 2 nitrogen and oxygen atoms in total. The lowest BCUT2D eigenvalue weighted by atomic mass is 10.2. The second-order valence-electron chi connectivity index (χ2n) is 4.06. The summed E-state index contributed by atoms with van der Waals surface area (Å²) in [6, 6.07) is 14.4. The fraction of sp³-hybridized carbons (Fsp3) is 0.143. The van der Waals surface area contributed by atoms with Gasteiger partial charge in [-0.15, -0.1) is 11.3 Å². The monoisotopic (exact) mass is 321 g/mol. The molecule has 3 rings (SSSR count). The molecule has 18 heavy (non-hydrogen) atoms. The molecule has 3 aromatic rings. The van der Waals surface area contributed by atoms with Crippen LogP contribution in [0.3, 0.4) is 0 Å². The van der Waals surface area contributed by atoms with Crippen LogP contribution in [0, 0.1) is 0 Å². The Hall–Kier alpha value is -1.10. The average molecular weight is 322 g/mol. The standard InChI is InChI=1S/C14H12BrNOS/c15-14-6-5-12(18-14)9-16-8-11-7-10-3-1-2-4-13(10)17-11/h1-7,16H,8-9H2. The van der Waals surface area contributed by atoms with Crippen LogP contribution in [-0.4, -0.2) is 0 Å². The van der Waals surface area contributed by atoms with E-state index in [-0.39, 0.29) is 0 Å². The summed E-state index contributed by atoms with van der Waals surface area (Å²) < 4.78 is 6.91. The van der Waals surface area contributed by atoms with E-state index < -0.39 is 0 Å². The van der Waals surface area contributed by atoms with Gasteiger partial charge in [0.25, 0.3) is 0 Å². The van der Waals surface area contributed by atoms with Crippen molar-refractivity contribution in [2.75, 3.05) is 0 Å². The van der Waals surface area contributed by atoms with Crippen LogP contribution < -0.4 is 5.32 Å². The molecule has 2 aromatic heterocycles. The molecular weight excluding hydrogens is 310 g/mol. The molecule has 0 atom stereocenters. The third-order valence-electron chi connectivity index (χ3n) is 2.70. The molecule has 0 spiro atoms. The van der Waals surface area contributed by atoms with Crippen LogP contribution in [0.5, 0.6) is 0 Å². The Morgan fingerprint density at radius 3 is 2.78 bits per heavy atom. The predicted molar refractivity (Wildman–Crippen MR) is 78.8 cm³/mol. The van der Waals surface area contributed by atoms with Gasteiger partial charge in [-0.3, -0.25) is 0 Å². The van der Waals surface area contributed by atoms with Crippen molar-refractivity contribution in [1.29, 1.82) is 0 Å². The van der Waals surface area contributed by atoms with E-state index in [0.29, 0.717) is 0 Å². The summed E-state index contributed by atoms with van der Waals surface area (Å²) in [5, 5.41) is 4.55. The average Bonchev–Trinajstić information content (AvgIpc) is 2.95. The van der Waals surface area contributed by atoms with Gasteiger partial charge in [0.1, 0.15) is 11.3 Å². The summed E-state index contributed by atoms with van der Waals surface area (Å²) in [5.74, 6) is 0.979. The summed E-state index contributed by atoms with van der Waals surface area (Å²) in [5.41, 5.74) is 0.952. The van der Waals surface area contributed by atoms with E-state index in [9.17, 15) is 0 Å². The topological polar surface area (TPSA) is 25.2 Å². The van der Waals surface area contributed by atoms with Gasteiger partial charge in [0.05, 0.1) is 10.3 Å². The Labute approximate surface area is 118 Å². The number of furan rings is 1. The number of thiophene rings is 1. The minimum Gasteiger partial charge on any atom is -0.460 e. The highest BCUT2D eigenvalue weighted by atomic mass is 79.9. The van der Waals surface area contributed by atoms with Crippen molar-refractivity contribution in [1.82, 2.24) is 5.32 Å². The number of nitrogens with one attached hydrogen (secondary N) is 1. The maximum atomic E-state index is 5.74. The number of benzene rings is 1. The number of rotatable bonds is 4. The SMILES string of the molecule is Brc1ccc(CNCc2cc3ccccc3o2)s1. The molecule has 0 saturated carbocycles. The van der Waals surface area contributed by atoms with Gasteiger partial charge in [-0.05, 0) is 40.2 Å². The summed E-state index contributed by atoms with van der Waals surface area (Å²) in [6.07, 6.45) is 0. The number of hydrogen-bond acceptors (Lipinski definition) is 3. The lowest BCUT2D eigenvalue weighted by molar-refractivity contribution is 0.515. The Bertz CT molecular complexity index is 625. The smallest absolute Gasteiger partial charge is 0.134 e. The van der Waals surface area contributed by atoms with Crippen molar-refractivity contribution in [2.24, 2.45) is 0 Å². The molecule has 0 bridgehead atoms. The van der Waals surface area contributed by atoms with Gasteiger partial charge in [0.15, 0.2) is 0 Å². The maximum Gasteiger partial charge on any atom is 0.134 e. The van der Waals surface area contributed by atoms with Gasteiger partial charge in [-0.25, -0.2) is 0 Å². The largest absolute Gasteiger partial charge is 0.460 e. The van der Waals surface area contributed by atoms with Crippen molar-refractivity contribution in [3.8, 4) is 0 Å². The molecule has 0 aliphatic rings. The zero-order valence-electron chi connectivity index (χ0n) is 9.65. The zero-order valence-corrected chi connectivity index (χ0v) is 12.1. The highest BCUT2D eigenvalue weighted by Gasteiger charge is 2.03. The Morgan fingerprint density at radius 2 is 2.00 bits per heavy atom. The highest BCUT2D eigenvalue weighted by Crippen LogP contribution is 2.22. The predicted octanol–water partition coefficient (Wildman–Crippen LogP) is 4.55. The molecule has 0 radical (unpaired) electrons. The molecule has 0 amide bonds. The number of fused-ring (bicyclic) bond motifs is 1. The second kappa shape index (κ2) is 5.26. The first kappa shape index (κ1) is 12.0. The van der Waals surface area contributed by atoms with E-state index in [2.05, 4.69) is 45.5 Å². The number of halogens is 1. The summed E-state index contributed by atoms with van der Waals surface area (Å²) in [7, 11) is 0. The molecule has 1 aromatic carbocycles. The zero-order chi connectivity index (χ0) is 12.4. The Morgan fingerprint density at radius 1 is 1.11 bits per heavy atom. The first-order valence-corrected chi connectivity index (χ1v) is 7.34. The Kier molecular flexibility index (Phi) is 3.50. The van der Waals surface area contributed by atoms with Gasteiger partial charge in [0, 0.05) is 16.8 Å². The van der Waals surface area contributed by atoms with E-state index in [1.807, 2.05) is 18.2 Å². The molecule has 0 saturated heterocycles. The molecular formula is C14H12BrNOS. The summed E-state index contributed by atoms with van der Waals surface area (Å²) in [6.45, 7) is 1.62. The molecule has 92 valence electrons. The van der Waals surface area contributed by atoms with Crippen LogP contribution in [0.1, 0.15) is 10.6 Å². The van der Waals surface area contributed by atoms with Crippen LogP contribution in [-0.2, 0) is 13.1 Å². The van der Waals surface area contributed by atoms with Crippen LogP contribution in [0.2, 0.25) is 0 Å². The second-order valence-corrected chi connectivity index (χ2v) is 6.61. The lowest BCUT2D eigenvalue weighted by Gasteiger charge is -1.99. The molecule has 0 aliphatic carbocycles. The fourth-order valence-electron chi connectivity index (χ4n) is 1.88. The van der Waals surface area contributed by atoms with E-state index in [1.54, 1.807) is 11.3 Å². The third-order valence-corrected chi connectivity index (χ3v) is 4.33. The van der Waals surface area contributed by atoms with E-state index in [0.717, 1.165) is 29.8 Å². The number of para-hydroxylation sites is 1. The first-order valence-electron chi connectivity index (χ1n) is 5.74. The maximum absolute atomic E-state index is 5.74. The molecule has 4 heteroatoms. The van der Waals surface area contributed by atoms with Crippen molar-refractivity contribution >= 4 is 38.2 Å². The highest BCUT2D eigenvalue weighted by molar-refractivity contribution is 9.11. The molecule has 0 fully saturated rings. The van der Waals surface area contributed by atoms with E-state index in [4.69, 9.17) is 4.42 Å². The fourth-order valence-corrected chi connectivity index (χ4v) is 3.33. The van der Waals surface area contributed by atoms with Crippen molar-refractivity contribution in [3.63, 3.8) is 0 Å². The number of hydrogen-bond donors (Lipinski definition) is 1. The molecule has 1 N–H and O–H groups in total. The van der Waals surface area contributed by atoms with Gasteiger partial charge >= 0.3 is 0 Å². The molecule has 0 unspecified atom stereocenters. The van der Waals surface area contributed by atoms with E-state index in [1.165, 1.54) is 8.66 Å². The summed E-state index contributed by atoms with van der Waals surface area (Å²) >= 11 is 5.22. The lowest BCUT2D eigenvalue weighted by Crippen LogP contribution is -2.10. The van der Waals surface area contributed by atoms with Crippen LogP contribution in [0.25, 0.3) is 11.0 Å². The molecule has 2 heterocycles. The van der Waals surface area contributed by atoms with Crippen LogP contribution >= 0.6 is 27.3 Å². The molecule has 0 aliphatic heterocycles. The van der Waals surface area contributed by atoms with Crippen molar-refractivity contribution in [2.45, 2.75) is 13.1 Å². The minimum absolute atomic E-state index is 0.754. The first-order chi connectivity index (χ1) is 8.81. The van der Waals surface area contributed by atoms with Crippen molar-refractivity contribution < 1.29 is 4.42 Å². The quantitative estimate of drug-likeness (QED) is 0.762. The van der Waals surface area contributed by atoms with Gasteiger partial charge < -0.3 is 9.73 Å².